The van der Waals surface area contributed by atoms with E-state index in [0.29, 0.717) is 12.3 Å². The van der Waals surface area contributed by atoms with Crippen molar-refractivity contribution in [2.45, 2.75) is 30.7 Å². The lowest BCUT2D eigenvalue weighted by Gasteiger charge is -2.37. The number of aldehydes is 1. The van der Waals surface area contributed by atoms with Crippen LogP contribution in [0.25, 0.3) is 0 Å². The van der Waals surface area contributed by atoms with Gasteiger partial charge in [-0.2, -0.15) is 0 Å². The van der Waals surface area contributed by atoms with Crippen molar-refractivity contribution < 1.29 is 4.79 Å². The number of hydrogen-bond acceptors (Lipinski definition) is 2. The lowest BCUT2D eigenvalue weighted by molar-refractivity contribution is -0.108. The van der Waals surface area contributed by atoms with Crippen molar-refractivity contribution in [3.8, 4) is 0 Å². The van der Waals surface area contributed by atoms with E-state index in [1.54, 1.807) is 0 Å². The molecular weight excluding hydrogens is 380 g/mol. The molecule has 0 aliphatic heterocycles. The molecule has 0 bridgehead atoms. The summed E-state index contributed by atoms with van der Waals surface area (Å²) in [5, 5.41) is 0. The highest BCUT2D eigenvalue weighted by Crippen LogP contribution is 2.45. The first kappa shape index (κ1) is 19.5. The molecule has 0 radical (unpaired) electrons. The van der Waals surface area contributed by atoms with E-state index in [4.69, 9.17) is 4.98 Å². The van der Waals surface area contributed by atoms with E-state index in [2.05, 4.69) is 102 Å². The molecule has 1 aliphatic rings. The molecule has 31 heavy (non-hydrogen) atoms. The summed E-state index contributed by atoms with van der Waals surface area (Å²) in [6.07, 6.45) is 8.07. The zero-order valence-electron chi connectivity index (χ0n) is 17.5. The molecule has 1 saturated carbocycles. The summed E-state index contributed by atoms with van der Waals surface area (Å²) >= 11 is 0. The minimum Gasteiger partial charge on any atom is -0.319 e. The number of nitrogens with zero attached hydrogens (tertiary/aromatic N) is 2. The van der Waals surface area contributed by atoms with Gasteiger partial charge >= 0.3 is 0 Å². The second-order valence-corrected chi connectivity index (χ2v) is 8.36. The van der Waals surface area contributed by atoms with E-state index in [1.165, 1.54) is 29.5 Å². The Balaban J connectivity index is 1.76. The predicted molar refractivity (Wildman–Crippen MR) is 123 cm³/mol. The fraction of sp³-hybridized carbons (Fsp3) is 0.214. The van der Waals surface area contributed by atoms with Gasteiger partial charge in [0.15, 0.2) is 0 Å². The van der Waals surface area contributed by atoms with Crippen LogP contribution in [0.2, 0.25) is 0 Å². The van der Waals surface area contributed by atoms with Gasteiger partial charge in [0.25, 0.3) is 0 Å². The summed E-state index contributed by atoms with van der Waals surface area (Å²) < 4.78 is 2.24. The second kappa shape index (κ2) is 8.35. The molecule has 1 fully saturated rings. The van der Waals surface area contributed by atoms with Gasteiger partial charge in [-0.25, -0.2) is 4.98 Å². The smallest absolute Gasteiger partial charge is 0.121 e. The van der Waals surface area contributed by atoms with E-state index >= 15 is 0 Å². The molecular formula is C28H26N2O. The minimum atomic E-state index is -0.551. The van der Waals surface area contributed by atoms with Crippen LogP contribution < -0.4 is 0 Å². The summed E-state index contributed by atoms with van der Waals surface area (Å²) in [6, 6.07) is 31.8. The van der Waals surface area contributed by atoms with Crippen molar-refractivity contribution in [2.75, 3.05) is 0 Å². The molecule has 154 valence electrons. The predicted octanol–water partition coefficient (Wildman–Crippen LogP) is 5.81. The summed E-state index contributed by atoms with van der Waals surface area (Å²) in [7, 11) is 0. The fourth-order valence-corrected chi connectivity index (χ4v) is 4.86. The molecule has 3 aromatic carbocycles. The van der Waals surface area contributed by atoms with Crippen molar-refractivity contribution in [3.63, 3.8) is 0 Å². The van der Waals surface area contributed by atoms with Gasteiger partial charge in [0.1, 0.15) is 11.8 Å². The first-order valence-corrected chi connectivity index (χ1v) is 11.0. The molecule has 0 N–H and O–H groups in total. The van der Waals surface area contributed by atoms with Crippen molar-refractivity contribution in [2.24, 2.45) is 5.92 Å². The van der Waals surface area contributed by atoms with Crippen LogP contribution in [0.3, 0.4) is 0 Å². The Kier molecular flexibility index (Phi) is 5.25. The quantitative estimate of drug-likeness (QED) is 0.274. The topological polar surface area (TPSA) is 34.9 Å². The largest absolute Gasteiger partial charge is 0.319 e. The van der Waals surface area contributed by atoms with Crippen LogP contribution >= 0.6 is 0 Å². The average molecular weight is 407 g/mol. The lowest BCUT2D eigenvalue weighted by Crippen LogP contribution is -2.37. The molecule has 0 saturated heterocycles. The standard InChI is InChI=1S/C28H26N2O/c31-19-18-26(22-16-17-22)27-20-30(21-29-27)28(23-10-4-1-5-11-23,24-12-6-2-7-13-24)25-14-8-3-9-15-25/h1-15,19-22,26H,16-18H2. The van der Waals surface area contributed by atoms with Crippen molar-refractivity contribution in [1.29, 1.82) is 0 Å². The van der Waals surface area contributed by atoms with Crippen molar-refractivity contribution in [1.82, 2.24) is 9.55 Å². The summed E-state index contributed by atoms with van der Waals surface area (Å²) in [6.45, 7) is 0. The highest BCUT2D eigenvalue weighted by Gasteiger charge is 2.40. The molecule has 5 rings (SSSR count). The molecule has 1 aliphatic carbocycles. The van der Waals surface area contributed by atoms with Gasteiger partial charge in [0, 0.05) is 18.5 Å². The van der Waals surface area contributed by atoms with Gasteiger partial charge < -0.3 is 9.36 Å². The minimum absolute atomic E-state index is 0.207. The zero-order valence-corrected chi connectivity index (χ0v) is 17.5. The molecule has 4 aromatic rings. The van der Waals surface area contributed by atoms with Crippen LogP contribution in [0.15, 0.2) is 104 Å². The van der Waals surface area contributed by atoms with E-state index < -0.39 is 5.54 Å². The van der Waals surface area contributed by atoms with Crippen LogP contribution in [0.5, 0.6) is 0 Å². The summed E-state index contributed by atoms with van der Waals surface area (Å²) in [5.74, 6) is 0.784. The Morgan fingerprint density at radius 1 is 0.839 bits per heavy atom. The number of benzene rings is 3. The van der Waals surface area contributed by atoms with Gasteiger partial charge in [-0.15, -0.1) is 0 Å². The Morgan fingerprint density at radius 2 is 1.32 bits per heavy atom. The SMILES string of the molecule is O=CCC(c1cn(C(c2ccccc2)(c2ccccc2)c2ccccc2)cn1)C1CC1. The van der Waals surface area contributed by atoms with E-state index in [-0.39, 0.29) is 5.92 Å². The third-order valence-electron chi connectivity index (χ3n) is 6.49. The molecule has 3 nitrogen and oxygen atoms in total. The maximum Gasteiger partial charge on any atom is 0.121 e. The van der Waals surface area contributed by atoms with E-state index in [1.807, 2.05) is 6.33 Å². The molecule has 0 spiro atoms. The first-order valence-electron chi connectivity index (χ1n) is 11.0. The molecule has 1 aromatic heterocycles. The first-order chi connectivity index (χ1) is 15.3. The highest BCUT2D eigenvalue weighted by atomic mass is 16.1. The van der Waals surface area contributed by atoms with Gasteiger partial charge in [-0.1, -0.05) is 91.0 Å². The highest BCUT2D eigenvalue weighted by molar-refractivity contribution is 5.53. The Morgan fingerprint density at radius 3 is 1.74 bits per heavy atom. The monoisotopic (exact) mass is 406 g/mol. The van der Waals surface area contributed by atoms with Gasteiger partial charge in [-0.3, -0.25) is 0 Å². The fourth-order valence-electron chi connectivity index (χ4n) is 4.86. The number of hydrogen-bond donors (Lipinski definition) is 0. The van der Waals surface area contributed by atoms with E-state index in [9.17, 15) is 4.79 Å². The molecule has 0 amide bonds. The summed E-state index contributed by atoms with van der Waals surface area (Å²) in [4.78, 5) is 16.2. The zero-order chi connectivity index (χ0) is 21.1. The lowest BCUT2D eigenvalue weighted by atomic mass is 9.76. The normalized spacial score (nSPS) is 14.8. The third-order valence-corrected chi connectivity index (χ3v) is 6.49. The molecule has 3 heteroatoms. The third kappa shape index (κ3) is 3.50. The average Bonchev–Trinajstić information content (AvgIpc) is 3.57. The van der Waals surface area contributed by atoms with Crippen LogP contribution in [-0.4, -0.2) is 15.8 Å². The van der Waals surface area contributed by atoms with Crippen molar-refractivity contribution in [3.05, 3.63) is 126 Å². The van der Waals surface area contributed by atoms with Crippen LogP contribution in [-0.2, 0) is 10.3 Å². The Labute approximate surface area is 183 Å². The molecule has 1 unspecified atom stereocenters. The van der Waals surface area contributed by atoms with Gasteiger partial charge in [0.2, 0.25) is 0 Å². The maximum absolute atomic E-state index is 11.4. The molecule has 1 atom stereocenters. The van der Waals surface area contributed by atoms with Crippen molar-refractivity contribution >= 4 is 6.29 Å². The number of carbonyl (C=O) groups excluding carboxylic acids is 1. The van der Waals surface area contributed by atoms with Crippen LogP contribution in [0.4, 0.5) is 0 Å². The Hall–Kier alpha value is -3.46. The van der Waals surface area contributed by atoms with Crippen LogP contribution in [0, 0.1) is 5.92 Å². The molecule has 1 heterocycles. The van der Waals surface area contributed by atoms with Crippen LogP contribution in [0.1, 0.15) is 47.6 Å². The maximum atomic E-state index is 11.4. The number of rotatable bonds is 8. The number of imidazole rings is 1. The van der Waals surface area contributed by atoms with E-state index in [0.717, 1.165) is 12.0 Å². The van der Waals surface area contributed by atoms with Gasteiger partial charge in [0.05, 0.1) is 12.0 Å². The number of carbonyl (C=O) groups is 1. The van der Waals surface area contributed by atoms with Gasteiger partial charge in [-0.05, 0) is 35.4 Å². The summed E-state index contributed by atoms with van der Waals surface area (Å²) in [5.41, 5.74) is 3.99. The number of aromatic nitrogens is 2. The second-order valence-electron chi connectivity index (χ2n) is 8.36. The Bertz CT molecular complexity index is 1030.